The third-order valence-electron chi connectivity index (χ3n) is 3.63. The maximum absolute atomic E-state index is 10.4. The Bertz CT molecular complexity index is 423. The summed E-state index contributed by atoms with van der Waals surface area (Å²) in [7, 11) is 0. The van der Waals surface area contributed by atoms with Crippen molar-refractivity contribution in [2.45, 2.75) is 57.5 Å². The molecule has 0 radical (unpaired) electrons. The summed E-state index contributed by atoms with van der Waals surface area (Å²) >= 11 is 0. The van der Waals surface area contributed by atoms with Crippen LogP contribution in [0.4, 0.5) is 0 Å². The number of carboxylic acids is 1. The average Bonchev–Trinajstić information content (AvgIpc) is 2.46. The Labute approximate surface area is 127 Å². The summed E-state index contributed by atoms with van der Waals surface area (Å²) in [5, 5.41) is 18.0. The Hall–Kier alpha value is -1.61. The summed E-state index contributed by atoms with van der Waals surface area (Å²) in [6, 6.07) is 8.48. The molecule has 2 N–H and O–H groups in total. The van der Waals surface area contributed by atoms with E-state index in [1.54, 1.807) is 0 Å². The molecule has 0 spiro atoms. The SMILES string of the molecule is C=Cc1ccc(CCCCCCCC(O)CC(=O)O)cc1. The first-order valence-electron chi connectivity index (χ1n) is 7.73. The van der Waals surface area contributed by atoms with Crippen LogP contribution in [0.2, 0.25) is 0 Å². The molecular weight excluding hydrogens is 264 g/mol. The molecule has 0 saturated heterocycles. The first-order valence-corrected chi connectivity index (χ1v) is 7.73. The van der Waals surface area contributed by atoms with Crippen LogP contribution in [0.25, 0.3) is 6.08 Å². The highest BCUT2D eigenvalue weighted by atomic mass is 16.4. The molecule has 0 aliphatic rings. The van der Waals surface area contributed by atoms with Crippen molar-refractivity contribution >= 4 is 12.0 Å². The van der Waals surface area contributed by atoms with Gasteiger partial charge in [-0.2, -0.15) is 0 Å². The molecule has 1 unspecified atom stereocenters. The van der Waals surface area contributed by atoms with Gasteiger partial charge in [-0.05, 0) is 30.4 Å². The van der Waals surface area contributed by atoms with Gasteiger partial charge in [-0.15, -0.1) is 0 Å². The van der Waals surface area contributed by atoms with Crippen LogP contribution in [0.1, 0.15) is 56.1 Å². The fourth-order valence-electron chi connectivity index (χ4n) is 2.36. The Balaban J connectivity index is 2.01. The number of aryl methyl sites for hydroxylation is 1. The van der Waals surface area contributed by atoms with Crippen LogP contribution >= 0.6 is 0 Å². The number of aliphatic carboxylic acids is 1. The Morgan fingerprint density at radius 3 is 2.33 bits per heavy atom. The lowest BCUT2D eigenvalue weighted by molar-refractivity contribution is -0.139. The van der Waals surface area contributed by atoms with Crippen LogP contribution in [-0.2, 0) is 11.2 Å². The van der Waals surface area contributed by atoms with Gasteiger partial charge < -0.3 is 10.2 Å². The van der Waals surface area contributed by atoms with Crippen molar-refractivity contribution in [2.75, 3.05) is 0 Å². The highest BCUT2D eigenvalue weighted by Crippen LogP contribution is 2.12. The lowest BCUT2D eigenvalue weighted by Gasteiger charge is -2.07. The van der Waals surface area contributed by atoms with E-state index in [-0.39, 0.29) is 6.42 Å². The van der Waals surface area contributed by atoms with E-state index < -0.39 is 12.1 Å². The molecule has 0 saturated carbocycles. The zero-order valence-electron chi connectivity index (χ0n) is 12.6. The minimum absolute atomic E-state index is 0.138. The monoisotopic (exact) mass is 290 g/mol. The van der Waals surface area contributed by atoms with Crippen molar-refractivity contribution in [3.8, 4) is 0 Å². The maximum atomic E-state index is 10.4. The minimum Gasteiger partial charge on any atom is -0.481 e. The van der Waals surface area contributed by atoms with Crippen LogP contribution in [0.15, 0.2) is 30.8 Å². The van der Waals surface area contributed by atoms with E-state index >= 15 is 0 Å². The van der Waals surface area contributed by atoms with Gasteiger partial charge in [-0.3, -0.25) is 4.79 Å². The molecule has 1 aromatic carbocycles. The molecule has 116 valence electrons. The highest BCUT2D eigenvalue weighted by molar-refractivity contribution is 5.67. The van der Waals surface area contributed by atoms with Gasteiger partial charge in [0, 0.05) is 0 Å². The van der Waals surface area contributed by atoms with E-state index in [0.717, 1.165) is 31.2 Å². The van der Waals surface area contributed by atoms with E-state index in [4.69, 9.17) is 5.11 Å². The third kappa shape index (κ3) is 8.30. The Kier molecular flexibility index (Phi) is 8.44. The molecule has 0 aliphatic carbocycles. The van der Waals surface area contributed by atoms with Gasteiger partial charge in [0.1, 0.15) is 0 Å². The molecule has 1 aromatic rings. The summed E-state index contributed by atoms with van der Waals surface area (Å²) < 4.78 is 0. The predicted octanol–water partition coefficient (Wildman–Crippen LogP) is 4.05. The minimum atomic E-state index is -0.926. The number of unbranched alkanes of at least 4 members (excludes halogenated alkanes) is 4. The lowest BCUT2D eigenvalue weighted by atomic mass is 10.0. The summed E-state index contributed by atoms with van der Waals surface area (Å²) in [4.78, 5) is 10.4. The second-order valence-electron chi connectivity index (χ2n) is 5.50. The van der Waals surface area contributed by atoms with Crippen molar-refractivity contribution in [1.29, 1.82) is 0 Å². The number of aliphatic hydroxyl groups is 1. The summed E-state index contributed by atoms with van der Waals surface area (Å²) in [6.07, 6.45) is 8.17. The van der Waals surface area contributed by atoms with Crippen LogP contribution in [0.5, 0.6) is 0 Å². The topological polar surface area (TPSA) is 57.5 Å². The smallest absolute Gasteiger partial charge is 0.305 e. The molecule has 0 amide bonds. The highest BCUT2D eigenvalue weighted by Gasteiger charge is 2.08. The van der Waals surface area contributed by atoms with E-state index in [1.807, 2.05) is 6.08 Å². The summed E-state index contributed by atoms with van der Waals surface area (Å²) in [5.41, 5.74) is 2.51. The average molecular weight is 290 g/mol. The Morgan fingerprint density at radius 2 is 1.71 bits per heavy atom. The Morgan fingerprint density at radius 1 is 1.10 bits per heavy atom. The van der Waals surface area contributed by atoms with E-state index in [9.17, 15) is 9.90 Å². The first kappa shape index (κ1) is 17.4. The number of carboxylic acid groups (broad SMARTS) is 1. The maximum Gasteiger partial charge on any atom is 0.305 e. The fraction of sp³-hybridized carbons (Fsp3) is 0.500. The first-order chi connectivity index (χ1) is 10.1. The third-order valence-corrected chi connectivity index (χ3v) is 3.63. The van der Waals surface area contributed by atoms with Gasteiger partial charge in [0.15, 0.2) is 0 Å². The molecule has 1 atom stereocenters. The zero-order valence-corrected chi connectivity index (χ0v) is 12.6. The van der Waals surface area contributed by atoms with Crippen LogP contribution in [0, 0.1) is 0 Å². The van der Waals surface area contributed by atoms with E-state index in [1.165, 1.54) is 18.4 Å². The van der Waals surface area contributed by atoms with Crippen LogP contribution in [-0.4, -0.2) is 22.3 Å². The lowest BCUT2D eigenvalue weighted by Crippen LogP contribution is -2.12. The molecular formula is C18H26O3. The van der Waals surface area contributed by atoms with Gasteiger partial charge in [0.25, 0.3) is 0 Å². The van der Waals surface area contributed by atoms with Crippen molar-refractivity contribution < 1.29 is 15.0 Å². The fourth-order valence-corrected chi connectivity index (χ4v) is 2.36. The summed E-state index contributed by atoms with van der Waals surface area (Å²) in [6.45, 7) is 3.74. The summed E-state index contributed by atoms with van der Waals surface area (Å²) in [5.74, 6) is -0.926. The van der Waals surface area contributed by atoms with E-state index in [2.05, 4.69) is 30.8 Å². The molecule has 3 nitrogen and oxygen atoms in total. The van der Waals surface area contributed by atoms with Crippen molar-refractivity contribution in [3.63, 3.8) is 0 Å². The number of hydrogen-bond acceptors (Lipinski definition) is 2. The van der Waals surface area contributed by atoms with Gasteiger partial charge in [0.05, 0.1) is 12.5 Å². The molecule has 0 fully saturated rings. The second kappa shape index (κ2) is 10.2. The van der Waals surface area contributed by atoms with Gasteiger partial charge in [-0.25, -0.2) is 0 Å². The van der Waals surface area contributed by atoms with E-state index in [0.29, 0.717) is 6.42 Å². The molecule has 0 aromatic heterocycles. The number of hydrogen-bond donors (Lipinski definition) is 2. The molecule has 0 aliphatic heterocycles. The molecule has 0 heterocycles. The number of benzene rings is 1. The van der Waals surface area contributed by atoms with Crippen molar-refractivity contribution in [2.24, 2.45) is 0 Å². The number of carbonyl (C=O) groups is 1. The number of rotatable bonds is 11. The largest absolute Gasteiger partial charge is 0.481 e. The second-order valence-corrected chi connectivity index (χ2v) is 5.50. The van der Waals surface area contributed by atoms with Gasteiger partial charge in [0.2, 0.25) is 0 Å². The van der Waals surface area contributed by atoms with Crippen LogP contribution in [0.3, 0.4) is 0 Å². The molecule has 3 heteroatoms. The molecule has 1 rings (SSSR count). The molecule has 0 bridgehead atoms. The van der Waals surface area contributed by atoms with Crippen LogP contribution < -0.4 is 0 Å². The predicted molar refractivity (Wildman–Crippen MR) is 86.2 cm³/mol. The van der Waals surface area contributed by atoms with Crippen molar-refractivity contribution in [3.05, 3.63) is 42.0 Å². The van der Waals surface area contributed by atoms with Gasteiger partial charge in [-0.1, -0.05) is 62.6 Å². The van der Waals surface area contributed by atoms with Gasteiger partial charge >= 0.3 is 5.97 Å². The van der Waals surface area contributed by atoms with Crippen molar-refractivity contribution in [1.82, 2.24) is 0 Å². The quantitative estimate of drug-likeness (QED) is 0.604. The normalized spacial score (nSPS) is 12.0. The molecule has 21 heavy (non-hydrogen) atoms. The number of aliphatic hydroxyl groups excluding tert-OH is 1. The zero-order chi connectivity index (χ0) is 15.5. The standard InChI is InChI=1S/C18H26O3/c1-2-15-10-12-16(13-11-15)8-6-4-3-5-7-9-17(19)14-18(20)21/h2,10-13,17,19H,1,3-9,14H2,(H,20,21).